The Morgan fingerprint density at radius 1 is 1.16 bits per heavy atom. The molecule has 0 N–H and O–H groups in total. The van der Waals surface area contributed by atoms with Crippen LogP contribution in [-0.4, -0.2) is 55.7 Å². The van der Waals surface area contributed by atoms with E-state index in [4.69, 9.17) is 4.74 Å². The first-order chi connectivity index (χ1) is 14.9. The van der Waals surface area contributed by atoms with Gasteiger partial charge < -0.3 is 9.64 Å². The fourth-order valence-electron chi connectivity index (χ4n) is 3.84. The third-order valence-electron chi connectivity index (χ3n) is 5.50. The number of aromatic nitrogens is 4. The second-order valence-corrected chi connectivity index (χ2v) is 7.56. The van der Waals surface area contributed by atoms with Crippen molar-refractivity contribution in [3.05, 3.63) is 60.4 Å². The van der Waals surface area contributed by atoms with Crippen LogP contribution in [0, 0.1) is 0 Å². The molecule has 4 aromatic rings. The molecule has 1 atom stereocenters. The maximum atomic E-state index is 14.6. The largest absolute Gasteiger partial charge is 0.466 e. The molecule has 31 heavy (non-hydrogen) atoms. The van der Waals surface area contributed by atoms with Gasteiger partial charge in [-0.2, -0.15) is 5.10 Å². The summed E-state index contributed by atoms with van der Waals surface area (Å²) in [6.45, 7) is -0.353. The van der Waals surface area contributed by atoms with Crippen molar-refractivity contribution in [2.75, 3.05) is 13.1 Å². The molecule has 0 bridgehead atoms. The number of amides is 1. The average molecular weight is 423 g/mol. The van der Waals surface area contributed by atoms with Crippen molar-refractivity contribution >= 4 is 27.8 Å². The normalized spacial score (nSPS) is 18.4. The Kier molecular flexibility index (Phi) is 4.53. The minimum absolute atomic E-state index is 0.0881. The number of piperidine rings is 1. The number of rotatable bonds is 3. The summed E-state index contributed by atoms with van der Waals surface area (Å²) in [6, 6.07) is 14.2. The second kappa shape index (κ2) is 7.26. The summed E-state index contributed by atoms with van der Waals surface area (Å²) < 4.78 is 36.4. The molecule has 1 fully saturated rings. The molecular formula is C22H19F2N5O2. The molecule has 7 nitrogen and oxygen atoms in total. The Labute approximate surface area is 176 Å². The van der Waals surface area contributed by atoms with Crippen molar-refractivity contribution < 1.29 is 18.3 Å². The number of alkyl halides is 2. The van der Waals surface area contributed by atoms with Gasteiger partial charge >= 0.3 is 0 Å². The van der Waals surface area contributed by atoms with E-state index in [0.29, 0.717) is 16.6 Å². The number of likely N-dealkylation sites (tertiary alicyclic amines) is 1. The molecule has 0 radical (unpaired) electrons. The fraction of sp³-hybridized carbons (Fsp3) is 0.273. The topological polar surface area (TPSA) is 73.1 Å². The van der Waals surface area contributed by atoms with Gasteiger partial charge in [-0.1, -0.05) is 18.2 Å². The van der Waals surface area contributed by atoms with Crippen molar-refractivity contribution in [1.82, 2.24) is 24.6 Å². The SMILES string of the molecule is Cn1nc(C(=O)N2CCC(F)(F)C(Oc3ccc4ccccc4n3)C2)c2cccnc21. The van der Waals surface area contributed by atoms with Crippen molar-refractivity contribution in [1.29, 1.82) is 0 Å². The van der Waals surface area contributed by atoms with E-state index >= 15 is 0 Å². The number of aryl methyl sites for hydroxylation is 1. The minimum Gasteiger partial charge on any atom is -0.466 e. The number of fused-ring (bicyclic) bond motifs is 2. The zero-order chi connectivity index (χ0) is 21.6. The van der Waals surface area contributed by atoms with Gasteiger partial charge in [0, 0.05) is 37.7 Å². The van der Waals surface area contributed by atoms with Crippen molar-refractivity contribution in [3.63, 3.8) is 0 Å². The van der Waals surface area contributed by atoms with Gasteiger partial charge in [0.2, 0.25) is 5.88 Å². The Morgan fingerprint density at radius 2 is 2.00 bits per heavy atom. The lowest BCUT2D eigenvalue weighted by Gasteiger charge is -2.37. The van der Waals surface area contributed by atoms with E-state index in [1.807, 2.05) is 18.2 Å². The van der Waals surface area contributed by atoms with Gasteiger partial charge in [0.15, 0.2) is 17.4 Å². The molecule has 1 amide bonds. The highest BCUT2D eigenvalue weighted by atomic mass is 19.3. The van der Waals surface area contributed by atoms with Crippen LogP contribution in [0.5, 0.6) is 5.88 Å². The second-order valence-electron chi connectivity index (χ2n) is 7.56. The first-order valence-electron chi connectivity index (χ1n) is 9.90. The summed E-state index contributed by atoms with van der Waals surface area (Å²) >= 11 is 0. The van der Waals surface area contributed by atoms with Crippen LogP contribution in [-0.2, 0) is 7.05 Å². The molecule has 3 aromatic heterocycles. The van der Waals surface area contributed by atoms with E-state index < -0.39 is 24.4 Å². The number of benzene rings is 1. The monoisotopic (exact) mass is 423 g/mol. The van der Waals surface area contributed by atoms with E-state index in [1.54, 1.807) is 43.6 Å². The lowest BCUT2D eigenvalue weighted by molar-refractivity contribution is -0.131. The molecule has 0 saturated carbocycles. The third-order valence-corrected chi connectivity index (χ3v) is 5.50. The molecule has 1 aromatic carbocycles. The highest BCUT2D eigenvalue weighted by Gasteiger charge is 2.47. The van der Waals surface area contributed by atoms with Crippen molar-refractivity contribution in [2.24, 2.45) is 7.05 Å². The third kappa shape index (κ3) is 3.45. The predicted molar refractivity (Wildman–Crippen MR) is 110 cm³/mol. The smallest absolute Gasteiger partial charge is 0.287 e. The number of hydrogen-bond acceptors (Lipinski definition) is 5. The van der Waals surface area contributed by atoms with E-state index in [9.17, 15) is 13.6 Å². The molecule has 1 aliphatic heterocycles. The standard InChI is InChI=1S/C22H19F2N5O2/c1-28-20-15(6-4-11-25-20)19(27-28)21(30)29-12-10-22(23,24)17(13-29)31-18-9-8-14-5-2-3-7-16(14)26-18/h2-9,11,17H,10,12-13H2,1H3. The number of nitrogens with zero attached hydrogens (tertiary/aromatic N) is 5. The molecule has 0 spiro atoms. The zero-order valence-corrected chi connectivity index (χ0v) is 16.7. The van der Waals surface area contributed by atoms with Crippen LogP contribution < -0.4 is 4.74 Å². The maximum absolute atomic E-state index is 14.6. The first kappa shape index (κ1) is 19.3. The van der Waals surface area contributed by atoms with Gasteiger partial charge in [-0.15, -0.1) is 0 Å². The highest BCUT2D eigenvalue weighted by molar-refractivity contribution is 6.04. The van der Waals surface area contributed by atoms with Crippen LogP contribution in [0.3, 0.4) is 0 Å². The lowest BCUT2D eigenvalue weighted by atomic mass is 10.0. The van der Waals surface area contributed by atoms with Crippen LogP contribution in [0.15, 0.2) is 54.7 Å². The molecule has 1 saturated heterocycles. The fourth-order valence-corrected chi connectivity index (χ4v) is 3.84. The molecule has 1 aliphatic rings. The predicted octanol–water partition coefficient (Wildman–Crippen LogP) is 3.45. The van der Waals surface area contributed by atoms with Crippen LogP contribution in [0.25, 0.3) is 21.9 Å². The lowest BCUT2D eigenvalue weighted by Crippen LogP contribution is -2.55. The van der Waals surface area contributed by atoms with Crippen molar-refractivity contribution in [3.8, 4) is 5.88 Å². The number of ether oxygens (including phenoxy) is 1. The molecule has 158 valence electrons. The minimum atomic E-state index is -3.09. The number of halogens is 2. The summed E-state index contributed by atoms with van der Waals surface area (Å²) in [5.41, 5.74) is 1.40. The Morgan fingerprint density at radius 3 is 2.87 bits per heavy atom. The van der Waals surface area contributed by atoms with Gasteiger partial charge in [0.25, 0.3) is 11.8 Å². The molecule has 1 unspecified atom stereocenters. The van der Waals surface area contributed by atoms with Gasteiger partial charge in [-0.05, 0) is 24.3 Å². The highest BCUT2D eigenvalue weighted by Crippen LogP contribution is 2.32. The Bertz CT molecular complexity index is 1290. The maximum Gasteiger partial charge on any atom is 0.287 e. The summed E-state index contributed by atoms with van der Waals surface area (Å²) in [6.07, 6.45) is -0.396. The van der Waals surface area contributed by atoms with Gasteiger partial charge in [-0.25, -0.2) is 23.4 Å². The van der Waals surface area contributed by atoms with Crippen LogP contribution in [0.2, 0.25) is 0 Å². The quantitative estimate of drug-likeness (QED) is 0.505. The van der Waals surface area contributed by atoms with E-state index in [-0.39, 0.29) is 24.7 Å². The summed E-state index contributed by atoms with van der Waals surface area (Å²) in [5.74, 6) is -3.41. The number of carbonyl (C=O) groups is 1. The Hall–Kier alpha value is -3.62. The van der Waals surface area contributed by atoms with Crippen molar-refractivity contribution in [2.45, 2.75) is 18.4 Å². The number of carbonyl (C=O) groups excluding carboxylic acids is 1. The summed E-state index contributed by atoms with van der Waals surface area (Å²) in [5, 5.41) is 5.74. The van der Waals surface area contributed by atoms with E-state index in [0.717, 1.165) is 5.39 Å². The summed E-state index contributed by atoms with van der Waals surface area (Å²) in [7, 11) is 1.69. The van der Waals surface area contributed by atoms with E-state index in [1.165, 1.54) is 9.58 Å². The molecular weight excluding hydrogens is 404 g/mol. The number of hydrogen-bond donors (Lipinski definition) is 0. The van der Waals surface area contributed by atoms with Crippen LogP contribution in [0.1, 0.15) is 16.9 Å². The molecule has 0 aliphatic carbocycles. The van der Waals surface area contributed by atoms with Gasteiger partial charge in [0.05, 0.1) is 17.4 Å². The molecule has 9 heteroatoms. The van der Waals surface area contributed by atoms with Gasteiger partial charge in [0.1, 0.15) is 0 Å². The summed E-state index contributed by atoms with van der Waals surface area (Å²) in [4.78, 5) is 23.0. The molecule has 5 rings (SSSR count). The average Bonchev–Trinajstić information content (AvgIpc) is 3.11. The van der Waals surface area contributed by atoms with E-state index in [2.05, 4.69) is 15.1 Å². The van der Waals surface area contributed by atoms with Crippen LogP contribution in [0.4, 0.5) is 8.78 Å². The van der Waals surface area contributed by atoms with Crippen LogP contribution >= 0.6 is 0 Å². The molecule has 4 heterocycles. The number of para-hydroxylation sites is 1. The number of pyridine rings is 2. The van der Waals surface area contributed by atoms with Gasteiger partial charge in [-0.3, -0.25) is 4.79 Å². The zero-order valence-electron chi connectivity index (χ0n) is 16.7. The first-order valence-corrected chi connectivity index (χ1v) is 9.90. The Balaban J connectivity index is 1.41.